The van der Waals surface area contributed by atoms with Gasteiger partial charge in [0.15, 0.2) is 0 Å². The molecule has 1 saturated carbocycles. The van der Waals surface area contributed by atoms with Gasteiger partial charge in [-0.1, -0.05) is 36.2 Å². The van der Waals surface area contributed by atoms with E-state index in [1.807, 2.05) is 0 Å². The van der Waals surface area contributed by atoms with E-state index in [1.165, 1.54) is 17.5 Å². The summed E-state index contributed by atoms with van der Waals surface area (Å²) >= 11 is 0. The summed E-state index contributed by atoms with van der Waals surface area (Å²) in [4.78, 5) is 0. The molecule has 88 valence electrons. The Hall–Kier alpha value is -1.33. The molecule has 17 heavy (non-hydrogen) atoms. The first-order valence-corrected chi connectivity index (χ1v) is 6.29. The van der Waals surface area contributed by atoms with Gasteiger partial charge in [-0.25, -0.2) is 0 Å². The zero-order chi connectivity index (χ0) is 11.9. The summed E-state index contributed by atoms with van der Waals surface area (Å²) in [5, 5.41) is 9.56. The molecule has 2 fully saturated rings. The van der Waals surface area contributed by atoms with Crippen LogP contribution in [0.25, 0.3) is 0 Å². The Balaban J connectivity index is 2.06. The molecule has 0 N–H and O–H groups in total. The van der Waals surface area contributed by atoms with E-state index >= 15 is 0 Å². The van der Waals surface area contributed by atoms with E-state index in [4.69, 9.17) is 4.74 Å². The molecular weight excluding hydrogens is 210 g/mol. The number of hydrogen-bond acceptors (Lipinski definition) is 2. The van der Waals surface area contributed by atoms with Crippen LogP contribution in [0.5, 0.6) is 0 Å². The molecule has 0 unspecified atom stereocenters. The van der Waals surface area contributed by atoms with Crippen LogP contribution < -0.4 is 0 Å². The van der Waals surface area contributed by atoms with Crippen molar-refractivity contribution >= 4 is 0 Å². The van der Waals surface area contributed by atoms with Crippen molar-refractivity contribution in [3.05, 3.63) is 35.4 Å². The van der Waals surface area contributed by atoms with Crippen LogP contribution in [0, 0.1) is 23.7 Å². The van der Waals surface area contributed by atoms with Crippen LogP contribution in [-0.4, -0.2) is 13.2 Å². The first-order valence-electron chi connectivity index (χ1n) is 6.29. The van der Waals surface area contributed by atoms with E-state index in [2.05, 4.69) is 37.3 Å². The lowest BCUT2D eigenvalue weighted by Crippen LogP contribution is -2.61. The predicted molar refractivity (Wildman–Crippen MR) is 65.6 cm³/mol. The largest absolute Gasteiger partial charge is 0.379 e. The molecule has 0 aromatic heterocycles. The number of nitrogens with zero attached hydrogens (tertiary/aromatic N) is 1. The summed E-state index contributed by atoms with van der Waals surface area (Å²) in [6.45, 7) is 3.53. The molecule has 0 radical (unpaired) electrons. The highest BCUT2D eigenvalue weighted by molar-refractivity contribution is 5.38. The van der Waals surface area contributed by atoms with Gasteiger partial charge in [-0.05, 0) is 25.3 Å². The summed E-state index contributed by atoms with van der Waals surface area (Å²) in [6, 6.07) is 11.2. The SMILES string of the molecule is Cc1cccc(C2(C3(C#N)CCC3)COC2)c1. The molecule has 2 nitrogen and oxygen atoms in total. The Morgan fingerprint density at radius 1 is 1.29 bits per heavy atom. The first-order chi connectivity index (χ1) is 8.22. The Labute approximate surface area is 102 Å². The third-order valence-corrected chi connectivity index (χ3v) is 4.60. The third-order valence-electron chi connectivity index (χ3n) is 4.60. The van der Waals surface area contributed by atoms with Crippen LogP contribution in [0.15, 0.2) is 24.3 Å². The summed E-state index contributed by atoms with van der Waals surface area (Å²) in [5.41, 5.74) is 2.36. The molecule has 0 amide bonds. The van der Waals surface area contributed by atoms with E-state index in [1.54, 1.807) is 0 Å². The van der Waals surface area contributed by atoms with Crippen LogP contribution in [0.4, 0.5) is 0 Å². The van der Waals surface area contributed by atoms with Gasteiger partial charge in [0.05, 0.1) is 30.1 Å². The normalized spacial score (nSPS) is 24.2. The van der Waals surface area contributed by atoms with E-state index < -0.39 is 0 Å². The van der Waals surface area contributed by atoms with Crippen molar-refractivity contribution in [2.45, 2.75) is 31.6 Å². The van der Waals surface area contributed by atoms with E-state index in [0.29, 0.717) is 13.2 Å². The van der Waals surface area contributed by atoms with Crippen LogP contribution >= 0.6 is 0 Å². The van der Waals surface area contributed by atoms with E-state index in [9.17, 15) is 5.26 Å². The summed E-state index contributed by atoms with van der Waals surface area (Å²) in [5.74, 6) is 0. The van der Waals surface area contributed by atoms with Gasteiger partial charge in [-0.2, -0.15) is 5.26 Å². The number of aryl methyl sites for hydroxylation is 1. The lowest BCUT2D eigenvalue weighted by atomic mass is 9.50. The lowest BCUT2D eigenvalue weighted by molar-refractivity contribution is -0.134. The Bertz CT molecular complexity index is 478. The minimum Gasteiger partial charge on any atom is -0.379 e. The molecular formula is C15H17NO. The van der Waals surface area contributed by atoms with Gasteiger partial charge >= 0.3 is 0 Å². The molecule has 1 aliphatic carbocycles. The number of rotatable bonds is 2. The fourth-order valence-corrected chi connectivity index (χ4v) is 3.20. The molecule has 1 saturated heterocycles. The highest BCUT2D eigenvalue weighted by atomic mass is 16.5. The number of ether oxygens (including phenoxy) is 1. The van der Waals surface area contributed by atoms with Crippen molar-refractivity contribution in [2.24, 2.45) is 5.41 Å². The molecule has 2 aliphatic rings. The first kappa shape index (κ1) is 10.8. The number of nitriles is 1. The Kier molecular flexibility index (Phi) is 2.27. The molecule has 1 aliphatic heterocycles. The molecule has 1 heterocycles. The molecule has 2 heteroatoms. The van der Waals surface area contributed by atoms with Crippen molar-refractivity contribution in [1.82, 2.24) is 0 Å². The monoisotopic (exact) mass is 227 g/mol. The number of hydrogen-bond donors (Lipinski definition) is 0. The van der Waals surface area contributed by atoms with Gasteiger partial charge in [0.2, 0.25) is 0 Å². The van der Waals surface area contributed by atoms with Crippen molar-refractivity contribution in [3.63, 3.8) is 0 Å². The fourth-order valence-electron chi connectivity index (χ4n) is 3.20. The Morgan fingerprint density at radius 2 is 2.06 bits per heavy atom. The standard InChI is InChI=1S/C15H17NO/c1-12-4-2-5-13(8-12)15(10-17-11-15)14(9-16)6-3-7-14/h2,4-5,8H,3,6-7,10-11H2,1H3. The fraction of sp³-hybridized carbons (Fsp3) is 0.533. The van der Waals surface area contributed by atoms with Gasteiger partial charge in [0, 0.05) is 0 Å². The quantitative estimate of drug-likeness (QED) is 0.778. The second-order valence-electron chi connectivity index (χ2n) is 5.49. The average molecular weight is 227 g/mol. The molecule has 0 bridgehead atoms. The summed E-state index contributed by atoms with van der Waals surface area (Å²) < 4.78 is 5.47. The van der Waals surface area contributed by atoms with E-state index in [0.717, 1.165) is 12.8 Å². The highest BCUT2D eigenvalue weighted by Crippen LogP contribution is 2.58. The maximum atomic E-state index is 9.56. The minimum atomic E-state index is -0.168. The summed E-state index contributed by atoms with van der Waals surface area (Å²) in [7, 11) is 0. The van der Waals surface area contributed by atoms with Crippen LogP contribution in [-0.2, 0) is 10.2 Å². The second kappa shape index (κ2) is 3.58. The molecule has 1 aromatic rings. The Morgan fingerprint density at radius 3 is 2.47 bits per heavy atom. The average Bonchev–Trinajstić information content (AvgIpc) is 2.20. The van der Waals surface area contributed by atoms with Gasteiger partial charge in [0.25, 0.3) is 0 Å². The second-order valence-corrected chi connectivity index (χ2v) is 5.49. The van der Waals surface area contributed by atoms with Gasteiger partial charge in [0.1, 0.15) is 0 Å². The zero-order valence-corrected chi connectivity index (χ0v) is 10.2. The van der Waals surface area contributed by atoms with Gasteiger partial charge in [-0.15, -0.1) is 0 Å². The minimum absolute atomic E-state index is 0.0357. The van der Waals surface area contributed by atoms with Crippen molar-refractivity contribution in [1.29, 1.82) is 5.26 Å². The van der Waals surface area contributed by atoms with Gasteiger partial charge < -0.3 is 4.74 Å². The maximum Gasteiger partial charge on any atom is 0.0715 e. The van der Waals surface area contributed by atoms with Crippen LogP contribution in [0.1, 0.15) is 30.4 Å². The molecule has 3 rings (SSSR count). The van der Waals surface area contributed by atoms with Crippen LogP contribution in [0.2, 0.25) is 0 Å². The van der Waals surface area contributed by atoms with Crippen molar-refractivity contribution in [2.75, 3.05) is 13.2 Å². The molecule has 0 atom stereocenters. The van der Waals surface area contributed by atoms with Crippen LogP contribution in [0.3, 0.4) is 0 Å². The lowest BCUT2D eigenvalue weighted by Gasteiger charge is -2.56. The topological polar surface area (TPSA) is 33.0 Å². The predicted octanol–water partition coefficient (Wildman–Crippen LogP) is 2.96. The smallest absolute Gasteiger partial charge is 0.0715 e. The van der Waals surface area contributed by atoms with E-state index in [-0.39, 0.29) is 10.8 Å². The molecule has 1 aromatic carbocycles. The van der Waals surface area contributed by atoms with Crippen molar-refractivity contribution in [3.8, 4) is 6.07 Å². The third kappa shape index (κ3) is 1.29. The zero-order valence-electron chi connectivity index (χ0n) is 10.2. The molecule has 0 spiro atoms. The highest BCUT2D eigenvalue weighted by Gasteiger charge is 2.60. The van der Waals surface area contributed by atoms with Crippen molar-refractivity contribution < 1.29 is 4.74 Å². The van der Waals surface area contributed by atoms with Gasteiger partial charge in [-0.3, -0.25) is 0 Å². The summed E-state index contributed by atoms with van der Waals surface area (Å²) in [6.07, 6.45) is 3.24. The maximum absolute atomic E-state index is 9.56. The number of benzene rings is 1.